The molecule has 0 spiro atoms. The number of hydrogen-bond donors (Lipinski definition) is 3. The van der Waals surface area contributed by atoms with Gasteiger partial charge in [0.05, 0.1) is 12.2 Å². The zero-order valence-corrected chi connectivity index (χ0v) is 15.0. The third-order valence-electron chi connectivity index (χ3n) is 3.84. The monoisotopic (exact) mass is 432 g/mol. The minimum absolute atomic E-state index is 0.0497. The Bertz CT molecular complexity index is 950. The highest BCUT2D eigenvalue weighted by molar-refractivity contribution is 5.95. The van der Waals surface area contributed by atoms with Crippen molar-refractivity contribution in [2.24, 2.45) is 0 Å². The van der Waals surface area contributed by atoms with Crippen molar-refractivity contribution < 1.29 is 41.0 Å². The van der Waals surface area contributed by atoms with E-state index in [1.807, 2.05) is 5.32 Å². The molecule has 0 heterocycles. The van der Waals surface area contributed by atoms with E-state index in [9.17, 15) is 41.0 Å². The Hall–Kier alpha value is -3.34. The van der Waals surface area contributed by atoms with Gasteiger partial charge < -0.3 is 15.7 Å². The van der Waals surface area contributed by atoms with Crippen molar-refractivity contribution in [2.45, 2.75) is 12.6 Å². The first-order chi connectivity index (χ1) is 14.1. The third-order valence-corrected chi connectivity index (χ3v) is 3.84. The number of nitrogens with one attached hydrogen (secondary N) is 2. The first-order valence-electron chi connectivity index (χ1n) is 8.28. The topological polar surface area (TPSA) is 78.4 Å². The van der Waals surface area contributed by atoms with Crippen molar-refractivity contribution in [2.75, 3.05) is 6.61 Å². The van der Waals surface area contributed by atoms with Crippen molar-refractivity contribution in [3.8, 4) is 0 Å². The van der Waals surface area contributed by atoms with Crippen LogP contribution in [0.3, 0.4) is 0 Å². The van der Waals surface area contributed by atoms with Crippen LogP contribution in [0.4, 0.5) is 26.3 Å². The van der Waals surface area contributed by atoms with E-state index in [4.69, 9.17) is 0 Å². The maximum atomic E-state index is 13.6. The van der Waals surface area contributed by atoms with Gasteiger partial charge in [-0.3, -0.25) is 9.59 Å². The van der Waals surface area contributed by atoms with Gasteiger partial charge in [0.15, 0.2) is 23.3 Å². The molecule has 30 heavy (non-hydrogen) atoms. The lowest BCUT2D eigenvalue weighted by Crippen LogP contribution is -2.48. The smallest absolute Gasteiger partial charge is 0.245 e. The van der Waals surface area contributed by atoms with E-state index in [1.165, 1.54) is 12.1 Å². The lowest BCUT2D eigenvalue weighted by Gasteiger charge is -2.15. The van der Waals surface area contributed by atoms with Gasteiger partial charge >= 0.3 is 0 Å². The van der Waals surface area contributed by atoms with Gasteiger partial charge in [-0.2, -0.15) is 0 Å². The van der Waals surface area contributed by atoms with Crippen LogP contribution >= 0.6 is 0 Å². The number of rotatable bonds is 7. The maximum absolute atomic E-state index is 13.6. The minimum Gasteiger partial charge on any atom is -0.394 e. The Labute approximate surface area is 166 Å². The molecule has 3 N–H and O–H groups in total. The number of halogens is 6. The minimum atomic E-state index is -2.34. The maximum Gasteiger partial charge on any atom is 0.245 e. The van der Waals surface area contributed by atoms with Crippen molar-refractivity contribution >= 4 is 17.9 Å². The number of amides is 2. The van der Waals surface area contributed by atoms with Gasteiger partial charge in [-0.05, 0) is 23.8 Å². The molecular formula is C19H14F6N2O3. The van der Waals surface area contributed by atoms with Crippen LogP contribution in [0, 0.1) is 34.9 Å². The third kappa shape index (κ3) is 5.38. The molecule has 0 aromatic heterocycles. The number of benzene rings is 2. The Kier molecular flexibility index (Phi) is 7.59. The molecule has 0 aliphatic heterocycles. The van der Waals surface area contributed by atoms with Crippen LogP contribution in [0.15, 0.2) is 30.3 Å². The molecule has 5 nitrogen and oxygen atoms in total. The summed E-state index contributed by atoms with van der Waals surface area (Å²) in [6.45, 7) is -0.900. The zero-order chi connectivity index (χ0) is 22.4. The van der Waals surface area contributed by atoms with E-state index in [0.29, 0.717) is 17.7 Å². The molecule has 0 aliphatic rings. The van der Waals surface area contributed by atoms with Crippen LogP contribution in [0.1, 0.15) is 11.1 Å². The summed E-state index contributed by atoms with van der Waals surface area (Å²) in [5, 5.41) is 13.6. The molecule has 1 atom stereocenters. The second kappa shape index (κ2) is 9.92. The fourth-order valence-corrected chi connectivity index (χ4v) is 2.26. The van der Waals surface area contributed by atoms with Gasteiger partial charge in [-0.25, -0.2) is 26.3 Å². The molecule has 11 heteroatoms. The molecule has 0 bridgehead atoms. The summed E-state index contributed by atoms with van der Waals surface area (Å²) in [6, 6.07) is 3.65. The number of aliphatic hydroxyl groups is 1. The molecule has 0 fully saturated rings. The predicted molar refractivity (Wildman–Crippen MR) is 92.5 cm³/mol. The normalized spacial score (nSPS) is 12.1. The standard InChI is InChI=1S/C19H14F6N2O3/c20-10-3-1-9(2-4-10)7-26-19(30)12(8-28)27-13(29)6-5-11-14(21)16(23)18(25)17(24)15(11)22/h1-6,12,28H,7-8H2,(H,26,30)(H,27,29). The molecule has 0 saturated carbocycles. The van der Waals surface area contributed by atoms with Crippen LogP contribution in [0.5, 0.6) is 0 Å². The lowest BCUT2D eigenvalue weighted by molar-refractivity contribution is -0.128. The van der Waals surface area contributed by atoms with Crippen molar-refractivity contribution in [3.63, 3.8) is 0 Å². The molecule has 0 radical (unpaired) electrons. The van der Waals surface area contributed by atoms with E-state index in [0.717, 1.165) is 12.1 Å². The van der Waals surface area contributed by atoms with Crippen molar-refractivity contribution in [3.05, 3.63) is 76.4 Å². The zero-order valence-electron chi connectivity index (χ0n) is 15.0. The van der Waals surface area contributed by atoms with Gasteiger partial charge in [0.1, 0.15) is 11.9 Å². The van der Waals surface area contributed by atoms with Crippen LogP contribution < -0.4 is 10.6 Å². The molecule has 0 saturated heterocycles. The highest BCUT2D eigenvalue weighted by Crippen LogP contribution is 2.23. The van der Waals surface area contributed by atoms with E-state index < -0.39 is 64.9 Å². The molecule has 160 valence electrons. The second-order valence-electron chi connectivity index (χ2n) is 5.90. The summed E-state index contributed by atoms with van der Waals surface area (Å²) >= 11 is 0. The van der Waals surface area contributed by atoms with Crippen LogP contribution in [-0.2, 0) is 16.1 Å². The molecule has 1 unspecified atom stereocenters. The molecule has 0 aliphatic carbocycles. The predicted octanol–water partition coefficient (Wildman–Crippen LogP) is 2.33. The first-order valence-corrected chi connectivity index (χ1v) is 8.28. The number of hydrogen-bond acceptors (Lipinski definition) is 3. The SMILES string of the molecule is O=C(C=Cc1c(F)c(F)c(F)c(F)c1F)NC(CO)C(=O)NCc1ccc(F)cc1. The first kappa shape index (κ1) is 22.9. The van der Waals surface area contributed by atoms with Crippen LogP contribution in [0.25, 0.3) is 6.08 Å². The summed E-state index contributed by atoms with van der Waals surface area (Å²) in [6.07, 6.45) is 0.782. The number of carbonyl (C=O) groups excluding carboxylic acids is 2. The van der Waals surface area contributed by atoms with Crippen molar-refractivity contribution in [1.29, 1.82) is 0 Å². The van der Waals surface area contributed by atoms with Gasteiger partial charge in [-0.15, -0.1) is 0 Å². The summed E-state index contributed by atoms with van der Waals surface area (Å²) in [7, 11) is 0. The summed E-state index contributed by atoms with van der Waals surface area (Å²) in [5.74, 6) is -13.4. The second-order valence-corrected chi connectivity index (χ2v) is 5.90. The summed E-state index contributed by atoms with van der Waals surface area (Å²) in [4.78, 5) is 23.8. The van der Waals surface area contributed by atoms with Crippen LogP contribution in [-0.4, -0.2) is 29.6 Å². The lowest BCUT2D eigenvalue weighted by atomic mass is 10.1. The van der Waals surface area contributed by atoms with E-state index in [-0.39, 0.29) is 6.54 Å². The summed E-state index contributed by atoms with van der Waals surface area (Å²) in [5.41, 5.74) is -0.818. The molecular weight excluding hydrogens is 418 g/mol. The Morgan fingerprint density at radius 2 is 1.43 bits per heavy atom. The van der Waals surface area contributed by atoms with Gasteiger partial charge in [0, 0.05) is 12.6 Å². The average molecular weight is 432 g/mol. The Morgan fingerprint density at radius 1 is 0.900 bits per heavy atom. The molecule has 2 aromatic rings. The van der Waals surface area contributed by atoms with Gasteiger partial charge in [0.25, 0.3) is 0 Å². The average Bonchev–Trinajstić information content (AvgIpc) is 2.74. The Morgan fingerprint density at radius 3 is 1.97 bits per heavy atom. The molecule has 2 aromatic carbocycles. The van der Waals surface area contributed by atoms with E-state index >= 15 is 0 Å². The quantitative estimate of drug-likeness (QED) is 0.272. The van der Waals surface area contributed by atoms with Crippen molar-refractivity contribution in [1.82, 2.24) is 10.6 Å². The van der Waals surface area contributed by atoms with Crippen LogP contribution in [0.2, 0.25) is 0 Å². The molecule has 2 rings (SSSR count). The summed E-state index contributed by atoms with van der Waals surface area (Å²) < 4.78 is 79.3. The molecule has 2 amide bonds. The van der Waals surface area contributed by atoms with Gasteiger partial charge in [-0.1, -0.05) is 12.1 Å². The highest BCUT2D eigenvalue weighted by atomic mass is 19.2. The number of aliphatic hydroxyl groups excluding tert-OH is 1. The van der Waals surface area contributed by atoms with E-state index in [1.54, 1.807) is 0 Å². The highest BCUT2D eigenvalue weighted by Gasteiger charge is 2.24. The fraction of sp³-hybridized carbons (Fsp3) is 0.158. The fourth-order valence-electron chi connectivity index (χ4n) is 2.26. The van der Waals surface area contributed by atoms with E-state index in [2.05, 4.69) is 5.32 Å². The van der Waals surface area contributed by atoms with Gasteiger partial charge in [0.2, 0.25) is 17.6 Å². The number of carbonyl (C=O) groups is 2. The Balaban J connectivity index is 2.03. The largest absolute Gasteiger partial charge is 0.394 e.